The predicted molar refractivity (Wildman–Crippen MR) is 94.1 cm³/mol. The van der Waals surface area contributed by atoms with Crippen LogP contribution in [-0.2, 0) is 0 Å². The molecule has 20 heavy (non-hydrogen) atoms. The van der Waals surface area contributed by atoms with Crippen LogP contribution >= 0.6 is 0 Å². The Morgan fingerprint density at radius 3 is 1.55 bits per heavy atom. The highest BCUT2D eigenvalue weighted by atomic mass is 14.1. The monoisotopic (exact) mass is 281 g/mol. The summed E-state index contributed by atoms with van der Waals surface area (Å²) >= 11 is 0. The Kier molecular flexibility index (Phi) is 17.1. The SMILES string of the molecule is [CH2]CCCCC(CCCC)CCCCCCCCCC. The average molecular weight is 282 g/mol. The van der Waals surface area contributed by atoms with E-state index in [-0.39, 0.29) is 0 Å². The van der Waals surface area contributed by atoms with Crippen LogP contribution in [0.4, 0.5) is 0 Å². The second-order valence-electron chi connectivity index (χ2n) is 6.62. The third-order valence-electron chi connectivity index (χ3n) is 4.54. The first-order chi connectivity index (χ1) is 9.85. The van der Waals surface area contributed by atoms with Gasteiger partial charge in [0.05, 0.1) is 0 Å². The Morgan fingerprint density at radius 1 is 0.550 bits per heavy atom. The van der Waals surface area contributed by atoms with Crippen molar-refractivity contribution in [1.29, 1.82) is 0 Å². The van der Waals surface area contributed by atoms with E-state index in [0.29, 0.717) is 0 Å². The number of hydrogen-bond donors (Lipinski definition) is 0. The molecule has 0 saturated heterocycles. The van der Waals surface area contributed by atoms with Crippen LogP contribution < -0.4 is 0 Å². The van der Waals surface area contributed by atoms with Gasteiger partial charge < -0.3 is 0 Å². The average Bonchev–Trinajstić information content (AvgIpc) is 2.47. The van der Waals surface area contributed by atoms with Crippen molar-refractivity contribution in [2.75, 3.05) is 0 Å². The molecular weight excluding hydrogens is 240 g/mol. The zero-order valence-electron chi connectivity index (χ0n) is 14.6. The fraction of sp³-hybridized carbons (Fsp3) is 0.950. The smallest absolute Gasteiger partial charge is 0.0414 e. The van der Waals surface area contributed by atoms with Gasteiger partial charge in [0.25, 0.3) is 0 Å². The first-order valence-corrected chi connectivity index (χ1v) is 9.64. The van der Waals surface area contributed by atoms with Crippen molar-refractivity contribution < 1.29 is 0 Å². The molecule has 1 radical (unpaired) electrons. The second-order valence-corrected chi connectivity index (χ2v) is 6.62. The Labute approximate surface area is 130 Å². The summed E-state index contributed by atoms with van der Waals surface area (Å²) in [6, 6.07) is 0. The van der Waals surface area contributed by atoms with Crippen molar-refractivity contribution in [2.24, 2.45) is 5.92 Å². The lowest BCUT2D eigenvalue weighted by Gasteiger charge is -2.16. The quantitative estimate of drug-likeness (QED) is 0.254. The van der Waals surface area contributed by atoms with E-state index < -0.39 is 0 Å². The fourth-order valence-corrected chi connectivity index (χ4v) is 3.10. The molecule has 1 atom stereocenters. The maximum atomic E-state index is 3.96. The predicted octanol–water partition coefficient (Wildman–Crippen LogP) is 7.72. The molecule has 0 aromatic carbocycles. The lowest BCUT2D eigenvalue weighted by molar-refractivity contribution is 0.374. The first-order valence-electron chi connectivity index (χ1n) is 9.64. The van der Waals surface area contributed by atoms with Crippen molar-refractivity contribution in [3.05, 3.63) is 6.92 Å². The maximum Gasteiger partial charge on any atom is -0.0414 e. The zero-order chi connectivity index (χ0) is 14.9. The van der Waals surface area contributed by atoms with Crippen LogP contribution in [0.5, 0.6) is 0 Å². The third-order valence-corrected chi connectivity index (χ3v) is 4.54. The summed E-state index contributed by atoms with van der Waals surface area (Å²) in [4.78, 5) is 0. The zero-order valence-corrected chi connectivity index (χ0v) is 14.6. The van der Waals surface area contributed by atoms with Crippen LogP contribution in [0, 0.1) is 12.8 Å². The molecular formula is C20H41. The van der Waals surface area contributed by atoms with Crippen molar-refractivity contribution in [2.45, 2.75) is 117 Å². The van der Waals surface area contributed by atoms with Gasteiger partial charge in [0.2, 0.25) is 0 Å². The lowest BCUT2D eigenvalue weighted by Crippen LogP contribution is -2.01. The topological polar surface area (TPSA) is 0 Å². The van der Waals surface area contributed by atoms with Gasteiger partial charge in [-0.3, -0.25) is 0 Å². The molecule has 0 saturated carbocycles. The molecule has 0 N–H and O–H groups in total. The van der Waals surface area contributed by atoms with Crippen LogP contribution in [0.15, 0.2) is 0 Å². The molecule has 0 nitrogen and oxygen atoms in total. The molecule has 1 unspecified atom stereocenters. The normalized spacial score (nSPS) is 12.8. The van der Waals surface area contributed by atoms with Crippen molar-refractivity contribution in [3.8, 4) is 0 Å². The molecule has 0 aliphatic carbocycles. The molecule has 121 valence electrons. The van der Waals surface area contributed by atoms with Crippen LogP contribution in [0.3, 0.4) is 0 Å². The summed E-state index contributed by atoms with van der Waals surface area (Å²) in [6.45, 7) is 8.58. The van der Waals surface area contributed by atoms with Gasteiger partial charge >= 0.3 is 0 Å². The van der Waals surface area contributed by atoms with E-state index in [9.17, 15) is 0 Å². The minimum Gasteiger partial charge on any atom is -0.0654 e. The molecule has 0 aliphatic heterocycles. The Morgan fingerprint density at radius 2 is 1.00 bits per heavy atom. The summed E-state index contributed by atoms with van der Waals surface area (Å²) in [7, 11) is 0. The second kappa shape index (κ2) is 17.1. The molecule has 0 bridgehead atoms. The van der Waals surface area contributed by atoms with E-state index >= 15 is 0 Å². The van der Waals surface area contributed by atoms with Gasteiger partial charge in [-0.2, -0.15) is 0 Å². The Hall–Kier alpha value is 0. The van der Waals surface area contributed by atoms with Crippen LogP contribution in [0.1, 0.15) is 117 Å². The van der Waals surface area contributed by atoms with Gasteiger partial charge in [0, 0.05) is 0 Å². The molecule has 0 aromatic heterocycles. The lowest BCUT2D eigenvalue weighted by atomic mass is 9.90. The van der Waals surface area contributed by atoms with E-state index in [1.807, 2.05) is 0 Å². The molecule has 0 amide bonds. The minimum atomic E-state index is 1.02. The Balaban J connectivity index is 3.46. The van der Waals surface area contributed by atoms with Gasteiger partial charge in [0.15, 0.2) is 0 Å². The van der Waals surface area contributed by atoms with Gasteiger partial charge in [-0.25, -0.2) is 0 Å². The van der Waals surface area contributed by atoms with Crippen LogP contribution in [-0.4, -0.2) is 0 Å². The molecule has 0 fully saturated rings. The minimum absolute atomic E-state index is 1.02. The molecule has 0 heteroatoms. The van der Waals surface area contributed by atoms with Crippen molar-refractivity contribution >= 4 is 0 Å². The summed E-state index contributed by atoms with van der Waals surface area (Å²) in [5.74, 6) is 1.02. The van der Waals surface area contributed by atoms with Gasteiger partial charge in [-0.05, 0) is 5.92 Å². The van der Waals surface area contributed by atoms with E-state index in [2.05, 4.69) is 20.8 Å². The van der Waals surface area contributed by atoms with Crippen molar-refractivity contribution in [3.63, 3.8) is 0 Å². The highest BCUT2D eigenvalue weighted by Gasteiger charge is 2.07. The molecule has 0 aromatic rings. The molecule has 0 rings (SSSR count). The van der Waals surface area contributed by atoms with E-state index in [0.717, 1.165) is 12.3 Å². The fourth-order valence-electron chi connectivity index (χ4n) is 3.10. The highest BCUT2D eigenvalue weighted by Crippen LogP contribution is 2.23. The molecule has 0 spiro atoms. The van der Waals surface area contributed by atoms with Crippen molar-refractivity contribution in [1.82, 2.24) is 0 Å². The van der Waals surface area contributed by atoms with Gasteiger partial charge in [0.1, 0.15) is 0 Å². The number of hydrogen-bond acceptors (Lipinski definition) is 0. The third kappa shape index (κ3) is 14.4. The Bertz CT molecular complexity index is 161. The van der Waals surface area contributed by atoms with Gasteiger partial charge in [-0.15, -0.1) is 0 Å². The molecule has 0 heterocycles. The number of unbranched alkanes of at least 4 members (excludes halogenated alkanes) is 10. The van der Waals surface area contributed by atoms with E-state index in [1.54, 1.807) is 0 Å². The van der Waals surface area contributed by atoms with Crippen LogP contribution in [0.2, 0.25) is 0 Å². The highest BCUT2D eigenvalue weighted by molar-refractivity contribution is 4.61. The summed E-state index contributed by atoms with van der Waals surface area (Å²) in [5.41, 5.74) is 0. The van der Waals surface area contributed by atoms with Crippen LogP contribution in [0.25, 0.3) is 0 Å². The first kappa shape index (κ1) is 20.0. The van der Waals surface area contributed by atoms with E-state index in [4.69, 9.17) is 0 Å². The summed E-state index contributed by atoms with van der Waals surface area (Å²) < 4.78 is 0. The molecule has 0 aliphatic rings. The summed E-state index contributed by atoms with van der Waals surface area (Å²) in [5, 5.41) is 0. The maximum absolute atomic E-state index is 3.96. The largest absolute Gasteiger partial charge is 0.0654 e. The van der Waals surface area contributed by atoms with Gasteiger partial charge in [-0.1, -0.05) is 124 Å². The van der Waals surface area contributed by atoms with E-state index in [1.165, 1.54) is 96.3 Å². The standard InChI is InChI=1S/C20H41/c1-4-7-10-11-12-13-14-16-19-20(17-9-6-3)18-15-8-5-2/h20H,2,4-19H2,1,3H3. The summed E-state index contributed by atoms with van der Waals surface area (Å²) in [6.07, 6.45) is 22.7. The number of rotatable bonds is 16.